The van der Waals surface area contributed by atoms with Crippen molar-refractivity contribution >= 4 is 11.3 Å². The Labute approximate surface area is 92.8 Å². The van der Waals surface area contributed by atoms with Crippen LogP contribution in [0, 0.1) is 6.92 Å². The molecule has 0 saturated carbocycles. The summed E-state index contributed by atoms with van der Waals surface area (Å²) in [6, 6.07) is 9.57. The summed E-state index contributed by atoms with van der Waals surface area (Å²) in [6.07, 6.45) is 0. The Balaban J connectivity index is 2.53. The third kappa shape index (κ3) is 1.83. The molecule has 1 aromatic carbocycles. The average molecular weight is 220 g/mol. The van der Waals surface area contributed by atoms with E-state index in [2.05, 4.69) is 0 Å². The normalized spacial score (nSPS) is 10.3. The molecule has 1 heterocycles. The van der Waals surface area contributed by atoms with Crippen molar-refractivity contribution in [2.24, 2.45) is 0 Å². The van der Waals surface area contributed by atoms with Crippen LogP contribution in [0.3, 0.4) is 0 Å². The predicted molar refractivity (Wildman–Crippen MR) is 62.7 cm³/mol. The van der Waals surface area contributed by atoms with Gasteiger partial charge in [0.25, 0.3) is 0 Å². The molecule has 0 aliphatic rings. The van der Waals surface area contributed by atoms with Gasteiger partial charge in [-0.2, -0.15) is 0 Å². The van der Waals surface area contributed by atoms with Crippen molar-refractivity contribution in [3.8, 4) is 21.9 Å². The van der Waals surface area contributed by atoms with E-state index in [0.717, 1.165) is 10.4 Å². The van der Waals surface area contributed by atoms with Crippen LogP contribution in [0.4, 0.5) is 0 Å². The zero-order chi connectivity index (χ0) is 10.8. The lowest BCUT2D eigenvalue weighted by atomic mass is 10.1. The Morgan fingerprint density at radius 3 is 2.60 bits per heavy atom. The van der Waals surface area contributed by atoms with Gasteiger partial charge in [-0.05, 0) is 31.2 Å². The monoisotopic (exact) mass is 220 g/mol. The number of phenolic OH excluding ortho intramolecular Hbond substituents is 1. The molecule has 2 nitrogen and oxygen atoms in total. The third-order valence-corrected chi connectivity index (χ3v) is 3.26. The van der Waals surface area contributed by atoms with Gasteiger partial charge in [0.05, 0.1) is 7.11 Å². The van der Waals surface area contributed by atoms with Gasteiger partial charge in [0.1, 0.15) is 0 Å². The number of hydrogen-bond donors (Lipinski definition) is 1. The molecule has 0 atom stereocenters. The first-order valence-electron chi connectivity index (χ1n) is 4.65. The number of aromatic hydroxyl groups is 1. The maximum absolute atomic E-state index is 9.93. The van der Waals surface area contributed by atoms with Gasteiger partial charge in [0, 0.05) is 15.3 Å². The van der Waals surface area contributed by atoms with Gasteiger partial charge in [0.2, 0.25) is 0 Å². The first-order valence-corrected chi connectivity index (χ1v) is 5.47. The van der Waals surface area contributed by atoms with Crippen LogP contribution in [0.25, 0.3) is 10.4 Å². The zero-order valence-corrected chi connectivity index (χ0v) is 9.47. The fourth-order valence-electron chi connectivity index (χ4n) is 1.47. The molecule has 0 spiro atoms. The molecule has 0 aliphatic carbocycles. The minimum atomic E-state index is 0.210. The summed E-state index contributed by atoms with van der Waals surface area (Å²) in [7, 11) is 1.55. The molecule has 0 fully saturated rings. The molecule has 0 bridgehead atoms. The van der Waals surface area contributed by atoms with Crippen LogP contribution in [0.2, 0.25) is 0 Å². The average Bonchev–Trinajstić information content (AvgIpc) is 2.65. The first-order chi connectivity index (χ1) is 7.22. The molecule has 0 amide bonds. The molecular formula is C12H12O2S. The molecule has 1 N–H and O–H groups in total. The minimum absolute atomic E-state index is 0.210. The highest BCUT2D eigenvalue weighted by molar-refractivity contribution is 7.15. The lowest BCUT2D eigenvalue weighted by molar-refractivity contribution is 0.374. The van der Waals surface area contributed by atoms with Crippen molar-refractivity contribution in [1.29, 1.82) is 0 Å². The summed E-state index contributed by atoms with van der Waals surface area (Å²) < 4.78 is 5.07. The fraction of sp³-hybridized carbons (Fsp3) is 0.167. The fourth-order valence-corrected chi connectivity index (χ4v) is 2.36. The highest BCUT2D eigenvalue weighted by atomic mass is 32.1. The summed E-state index contributed by atoms with van der Waals surface area (Å²) in [5.41, 5.74) is 0.826. The molecule has 15 heavy (non-hydrogen) atoms. The van der Waals surface area contributed by atoms with Crippen LogP contribution >= 0.6 is 11.3 Å². The van der Waals surface area contributed by atoms with Gasteiger partial charge in [0.15, 0.2) is 11.5 Å². The number of ether oxygens (including phenoxy) is 1. The van der Waals surface area contributed by atoms with Gasteiger partial charge in [-0.25, -0.2) is 0 Å². The second-order valence-corrected chi connectivity index (χ2v) is 4.55. The maximum Gasteiger partial charge on any atom is 0.166 e. The van der Waals surface area contributed by atoms with E-state index in [1.165, 1.54) is 4.88 Å². The maximum atomic E-state index is 9.93. The molecule has 0 saturated heterocycles. The van der Waals surface area contributed by atoms with Gasteiger partial charge in [-0.3, -0.25) is 0 Å². The van der Waals surface area contributed by atoms with E-state index >= 15 is 0 Å². The Morgan fingerprint density at radius 2 is 2.00 bits per heavy atom. The number of aryl methyl sites for hydroxylation is 1. The van der Waals surface area contributed by atoms with E-state index in [9.17, 15) is 5.11 Å². The predicted octanol–water partition coefficient (Wildman–Crippen LogP) is 3.44. The number of benzene rings is 1. The number of rotatable bonds is 2. The van der Waals surface area contributed by atoms with Crippen molar-refractivity contribution < 1.29 is 9.84 Å². The molecule has 0 radical (unpaired) electrons. The van der Waals surface area contributed by atoms with Crippen LogP contribution in [-0.4, -0.2) is 12.2 Å². The van der Waals surface area contributed by atoms with Crippen molar-refractivity contribution in [3.63, 3.8) is 0 Å². The molecule has 0 unspecified atom stereocenters. The number of para-hydroxylation sites is 1. The zero-order valence-electron chi connectivity index (χ0n) is 8.65. The Morgan fingerprint density at radius 1 is 1.20 bits per heavy atom. The third-order valence-electron chi connectivity index (χ3n) is 2.22. The van der Waals surface area contributed by atoms with Crippen molar-refractivity contribution in [1.82, 2.24) is 0 Å². The highest BCUT2D eigenvalue weighted by Gasteiger charge is 2.10. The summed E-state index contributed by atoms with van der Waals surface area (Å²) in [6.45, 7) is 2.05. The number of hydrogen-bond acceptors (Lipinski definition) is 3. The van der Waals surface area contributed by atoms with E-state index in [1.807, 2.05) is 31.2 Å². The summed E-state index contributed by atoms with van der Waals surface area (Å²) >= 11 is 1.66. The summed E-state index contributed by atoms with van der Waals surface area (Å²) in [5, 5.41) is 9.93. The topological polar surface area (TPSA) is 29.5 Å². The molecule has 0 aliphatic heterocycles. The number of thiophene rings is 1. The molecule has 3 heteroatoms. The van der Waals surface area contributed by atoms with Gasteiger partial charge >= 0.3 is 0 Å². The van der Waals surface area contributed by atoms with E-state index in [-0.39, 0.29) is 5.75 Å². The van der Waals surface area contributed by atoms with Crippen LogP contribution < -0.4 is 4.74 Å². The highest BCUT2D eigenvalue weighted by Crippen LogP contribution is 2.39. The molecule has 78 valence electrons. The van der Waals surface area contributed by atoms with Crippen molar-refractivity contribution in [2.45, 2.75) is 6.92 Å². The van der Waals surface area contributed by atoms with E-state index < -0.39 is 0 Å². The van der Waals surface area contributed by atoms with E-state index in [0.29, 0.717) is 5.75 Å². The molecular weight excluding hydrogens is 208 g/mol. The minimum Gasteiger partial charge on any atom is -0.504 e. The van der Waals surface area contributed by atoms with Gasteiger partial charge < -0.3 is 9.84 Å². The van der Waals surface area contributed by atoms with Crippen LogP contribution in [0.5, 0.6) is 11.5 Å². The second kappa shape index (κ2) is 3.95. The van der Waals surface area contributed by atoms with Crippen molar-refractivity contribution in [2.75, 3.05) is 7.11 Å². The largest absolute Gasteiger partial charge is 0.504 e. The number of phenols is 1. The smallest absolute Gasteiger partial charge is 0.166 e. The van der Waals surface area contributed by atoms with Crippen LogP contribution in [-0.2, 0) is 0 Å². The van der Waals surface area contributed by atoms with Gasteiger partial charge in [-0.1, -0.05) is 6.07 Å². The Hall–Kier alpha value is -1.48. The summed E-state index contributed by atoms with van der Waals surface area (Å²) in [4.78, 5) is 2.29. The van der Waals surface area contributed by atoms with Crippen LogP contribution in [0.1, 0.15) is 4.88 Å². The van der Waals surface area contributed by atoms with Crippen LogP contribution in [0.15, 0.2) is 30.3 Å². The molecule has 2 aromatic rings. The van der Waals surface area contributed by atoms with E-state index in [4.69, 9.17) is 4.74 Å². The lowest BCUT2D eigenvalue weighted by Crippen LogP contribution is -1.84. The first kappa shape index (κ1) is 10.1. The Bertz CT molecular complexity index is 474. The van der Waals surface area contributed by atoms with E-state index in [1.54, 1.807) is 24.5 Å². The SMILES string of the molecule is COc1cccc(-c2ccc(C)s2)c1O. The quantitative estimate of drug-likeness (QED) is 0.840. The second-order valence-electron chi connectivity index (χ2n) is 3.27. The molecule has 2 rings (SSSR count). The van der Waals surface area contributed by atoms with Gasteiger partial charge in [-0.15, -0.1) is 11.3 Å². The lowest BCUT2D eigenvalue weighted by Gasteiger charge is -2.06. The molecule has 1 aromatic heterocycles. The number of methoxy groups -OCH3 is 1. The Kier molecular flexibility index (Phi) is 2.64. The summed E-state index contributed by atoms with van der Waals surface area (Å²) in [5.74, 6) is 0.723. The standard InChI is InChI=1S/C12H12O2S/c1-8-6-7-11(15-8)9-4-3-5-10(14-2)12(9)13/h3-7,13H,1-2H3. The van der Waals surface area contributed by atoms with Crippen molar-refractivity contribution in [3.05, 3.63) is 35.2 Å².